The van der Waals surface area contributed by atoms with Gasteiger partial charge < -0.3 is 10.5 Å². The van der Waals surface area contributed by atoms with Crippen LogP contribution in [0, 0.1) is 19.3 Å². The number of halogens is 1. The van der Waals surface area contributed by atoms with E-state index in [1.807, 2.05) is 32.0 Å². The van der Waals surface area contributed by atoms with Gasteiger partial charge in [-0.05, 0) is 47.5 Å². The first-order valence-electron chi connectivity index (χ1n) is 5.61. The summed E-state index contributed by atoms with van der Waals surface area (Å²) in [5.41, 5.74) is 7.60. The van der Waals surface area contributed by atoms with Crippen molar-refractivity contribution in [3.63, 3.8) is 0 Å². The van der Waals surface area contributed by atoms with Crippen molar-refractivity contribution in [2.24, 2.45) is 5.73 Å². The lowest BCUT2D eigenvalue weighted by Crippen LogP contribution is -2.16. The second-order valence-electron chi connectivity index (χ2n) is 4.04. The Morgan fingerprint density at radius 2 is 1.95 bits per heavy atom. The quantitative estimate of drug-likeness (QED) is 0.672. The van der Waals surface area contributed by atoms with Crippen molar-refractivity contribution in [2.45, 2.75) is 13.8 Å². The molecule has 2 rings (SSSR count). The molecule has 0 saturated heterocycles. The van der Waals surface area contributed by atoms with Crippen LogP contribution in [0.1, 0.15) is 16.8 Å². The molecule has 1 aromatic carbocycles. The molecule has 0 aliphatic heterocycles. The first kappa shape index (κ1) is 13.5. The van der Waals surface area contributed by atoms with E-state index >= 15 is 0 Å². The van der Waals surface area contributed by atoms with Crippen LogP contribution in [0.3, 0.4) is 0 Å². The number of rotatable bonds is 3. The van der Waals surface area contributed by atoms with Gasteiger partial charge in [0, 0.05) is 0 Å². The normalized spacial score (nSPS) is 10.3. The van der Waals surface area contributed by atoms with E-state index in [9.17, 15) is 0 Å². The van der Waals surface area contributed by atoms with Crippen molar-refractivity contribution < 1.29 is 4.74 Å². The van der Waals surface area contributed by atoms with Crippen molar-refractivity contribution >= 4 is 21.8 Å². The Bertz CT molecular complexity index is 643. The number of hydrogen-bond donors (Lipinski definition) is 2. The number of hydrogen-bond acceptors (Lipinski definition) is 4. The smallest absolute Gasteiger partial charge is 0.250 e. The van der Waals surface area contributed by atoms with Gasteiger partial charge in [0.2, 0.25) is 5.88 Å². The number of aryl methyl sites for hydroxylation is 1. The van der Waals surface area contributed by atoms with Crippen LogP contribution in [0.15, 0.2) is 28.7 Å². The van der Waals surface area contributed by atoms with Gasteiger partial charge in [0.1, 0.15) is 11.6 Å². The zero-order valence-electron chi connectivity index (χ0n) is 10.6. The van der Waals surface area contributed by atoms with Gasteiger partial charge >= 0.3 is 0 Å². The van der Waals surface area contributed by atoms with Gasteiger partial charge in [-0.15, -0.1) is 5.10 Å². The van der Waals surface area contributed by atoms with Gasteiger partial charge in [0.25, 0.3) is 0 Å². The van der Waals surface area contributed by atoms with Gasteiger partial charge in [0.05, 0.1) is 15.7 Å². The van der Waals surface area contributed by atoms with Crippen LogP contribution in [0.25, 0.3) is 0 Å². The first-order valence-corrected chi connectivity index (χ1v) is 6.40. The summed E-state index contributed by atoms with van der Waals surface area (Å²) in [5.74, 6) is 0.752. The number of nitrogens with zero attached hydrogens (tertiary/aromatic N) is 2. The van der Waals surface area contributed by atoms with Crippen molar-refractivity contribution in [3.05, 3.63) is 45.6 Å². The maximum atomic E-state index is 7.65. The molecule has 0 saturated carbocycles. The highest BCUT2D eigenvalue weighted by Crippen LogP contribution is 2.30. The molecule has 0 atom stereocenters. The summed E-state index contributed by atoms with van der Waals surface area (Å²) in [6.45, 7) is 3.66. The molecular formula is C13H13BrN4O. The Kier molecular flexibility index (Phi) is 3.80. The highest BCUT2D eigenvalue weighted by Gasteiger charge is 2.16. The third-order valence-electron chi connectivity index (χ3n) is 2.74. The SMILES string of the molecule is Cc1nnc(Oc2ccccc2Br)c(C(=N)N)c1C. The van der Waals surface area contributed by atoms with E-state index in [-0.39, 0.29) is 11.7 Å². The van der Waals surface area contributed by atoms with E-state index in [1.54, 1.807) is 6.07 Å². The van der Waals surface area contributed by atoms with Crippen LogP contribution in [0.2, 0.25) is 0 Å². The maximum absolute atomic E-state index is 7.65. The van der Waals surface area contributed by atoms with Crippen LogP contribution in [-0.2, 0) is 0 Å². The minimum absolute atomic E-state index is 0.0856. The molecule has 1 heterocycles. The highest BCUT2D eigenvalue weighted by atomic mass is 79.9. The Labute approximate surface area is 119 Å². The molecule has 0 amide bonds. The maximum Gasteiger partial charge on any atom is 0.250 e. The van der Waals surface area contributed by atoms with Crippen LogP contribution >= 0.6 is 15.9 Å². The molecule has 1 aromatic heterocycles. The lowest BCUT2D eigenvalue weighted by atomic mass is 10.1. The number of nitrogens with two attached hydrogens (primary N) is 1. The molecule has 0 bridgehead atoms. The molecule has 98 valence electrons. The standard InChI is InChI=1S/C13H13BrN4O/c1-7-8(2)17-18-13(11(7)12(15)16)19-10-6-4-3-5-9(10)14/h3-6H,1-2H3,(H3,15,16). The second-order valence-corrected chi connectivity index (χ2v) is 4.89. The molecule has 0 radical (unpaired) electrons. The highest BCUT2D eigenvalue weighted by molar-refractivity contribution is 9.10. The van der Waals surface area contributed by atoms with Crippen LogP contribution < -0.4 is 10.5 Å². The van der Waals surface area contributed by atoms with Crippen molar-refractivity contribution in [2.75, 3.05) is 0 Å². The zero-order valence-corrected chi connectivity index (χ0v) is 12.2. The molecule has 5 nitrogen and oxygen atoms in total. The Morgan fingerprint density at radius 1 is 1.26 bits per heavy atom. The molecule has 0 aliphatic carbocycles. The molecule has 3 N–H and O–H groups in total. The number of benzene rings is 1. The average Bonchev–Trinajstić information content (AvgIpc) is 2.36. The number of para-hydroxylation sites is 1. The molecular weight excluding hydrogens is 308 g/mol. The van der Waals surface area contributed by atoms with E-state index in [4.69, 9.17) is 15.9 Å². The number of nitrogen functional groups attached to an aromatic ring is 1. The second kappa shape index (κ2) is 5.36. The van der Waals surface area contributed by atoms with E-state index < -0.39 is 0 Å². The summed E-state index contributed by atoms with van der Waals surface area (Å²) in [6.07, 6.45) is 0. The molecule has 0 fully saturated rings. The Balaban J connectivity index is 2.49. The van der Waals surface area contributed by atoms with E-state index in [0.717, 1.165) is 15.7 Å². The van der Waals surface area contributed by atoms with Crippen molar-refractivity contribution in [3.8, 4) is 11.6 Å². The summed E-state index contributed by atoms with van der Waals surface area (Å²) in [4.78, 5) is 0. The summed E-state index contributed by atoms with van der Waals surface area (Å²) in [7, 11) is 0. The van der Waals surface area contributed by atoms with Gasteiger partial charge in [-0.1, -0.05) is 12.1 Å². The Hall–Kier alpha value is -1.95. The summed E-state index contributed by atoms with van der Waals surface area (Å²) >= 11 is 3.39. The third-order valence-corrected chi connectivity index (χ3v) is 3.39. The van der Waals surface area contributed by atoms with Crippen LogP contribution in [0.5, 0.6) is 11.6 Å². The fraction of sp³-hybridized carbons (Fsp3) is 0.154. The van der Waals surface area contributed by atoms with Gasteiger partial charge in [0.15, 0.2) is 0 Å². The van der Waals surface area contributed by atoms with E-state index in [2.05, 4.69) is 26.1 Å². The molecule has 0 spiro atoms. The van der Waals surface area contributed by atoms with Crippen LogP contribution in [0.4, 0.5) is 0 Å². The third kappa shape index (κ3) is 2.73. The van der Waals surface area contributed by atoms with Crippen molar-refractivity contribution in [1.82, 2.24) is 10.2 Å². The minimum Gasteiger partial charge on any atom is -0.436 e. The van der Waals surface area contributed by atoms with Gasteiger partial charge in [-0.25, -0.2) is 0 Å². The van der Waals surface area contributed by atoms with Gasteiger partial charge in [-0.3, -0.25) is 5.41 Å². The lowest BCUT2D eigenvalue weighted by Gasteiger charge is -2.12. The lowest BCUT2D eigenvalue weighted by molar-refractivity contribution is 0.449. The fourth-order valence-electron chi connectivity index (χ4n) is 1.61. The van der Waals surface area contributed by atoms with Crippen LogP contribution in [-0.4, -0.2) is 16.0 Å². The molecule has 6 heteroatoms. The summed E-state index contributed by atoms with van der Waals surface area (Å²) in [6, 6.07) is 7.39. The monoisotopic (exact) mass is 320 g/mol. The topological polar surface area (TPSA) is 84.9 Å². The number of aromatic nitrogens is 2. The van der Waals surface area contributed by atoms with Gasteiger partial charge in [-0.2, -0.15) is 5.10 Å². The molecule has 0 aliphatic rings. The number of amidine groups is 1. The largest absolute Gasteiger partial charge is 0.436 e. The number of ether oxygens (including phenoxy) is 1. The zero-order chi connectivity index (χ0) is 14.0. The molecule has 2 aromatic rings. The Morgan fingerprint density at radius 3 is 2.58 bits per heavy atom. The average molecular weight is 321 g/mol. The van der Waals surface area contributed by atoms with Crippen molar-refractivity contribution in [1.29, 1.82) is 5.41 Å². The molecule has 19 heavy (non-hydrogen) atoms. The summed E-state index contributed by atoms with van der Waals surface area (Å²) < 4.78 is 6.49. The first-order chi connectivity index (χ1) is 9.00. The van der Waals surface area contributed by atoms with E-state index in [0.29, 0.717) is 11.3 Å². The summed E-state index contributed by atoms with van der Waals surface area (Å²) in [5, 5.41) is 15.6. The number of nitrogens with one attached hydrogen (secondary N) is 1. The predicted molar refractivity (Wildman–Crippen MR) is 76.7 cm³/mol. The minimum atomic E-state index is -0.0856. The fourth-order valence-corrected chi connectivity index (χ4v) is 1.97. The molecule has 0 unspecified atom stereocenters. The van der Waals surface area contributed by atoms with E-state index in [1.165, 1.54) is 0 Å². The predicted octanol–water partition coefficient (Wildman–Crippen LogP) is 2.93.